The predicted octanol–water partition coefficient (Wildman–Crippen LogP) is -0.188. The van der Waals surface area contributed by atoms with E-state index in [0.717, 1.165) is 31.7 Å². The second kappa shape index (κ2) is 5.26. The summed E-state index contributed by atoms with van der Waals surface area (Å²) in [6, 6.07) is 0. The van der Waals surface area contributed by atoms with Gasteiger partial charge < -0.3 is 16.4 Å². The number of anilines is 1. The van der Waals surface area contributed by atoms with Crippen LogP contribution in [0.3, 0.4) is 0 Å². The first-order valence-corrected chi connectivity index (χ1v) is 6.15. The average Bonchev–Trinajstić information content (AvgIpc) is 2.39. The molecule has 1 aromatic heterocycles. The number of nitrogens with two attached hydrogens (primary N) is 2. The Morgan fingerprint density at radius 3 is 2.39 bits per heavy atom. The van der Waals surface area contributed by atoms with Gasteiger partial charge in [0.2, 0.25) is 5.91 Å². The minimum absolute atomic E-state index is 0.0231. The molecule has 1 amide bonds. The van der Waals surface area contributed by atoms with E-state index in [2.05, 4.69) is 14.9 Å². The minimum atomic E-state index is -0.218. The van der Waals surface area contributed by atoms with E-state index < -0.39 is 0 Å². The Hall–Kier alpha value is -1.76. The van der Waals surface area contributed by atoms with Crippen LogP contribution < -0.4 is 16.4 Å². The van der Waals surface area contributed by atoms with Crippen molar-refractivity contribution in [2.75, 3.05) is 18.0 Å². The van der Waals surface area contributed by atoms with Crippen LogP contribution in [0.25, 0.3) is 0 Å². The number of carbonyl (C=O) groups is 1. The molecule has 0 unspecified atom stereocenters. The van der Waals surface area contributed by atoms with E-state index in [0.29, 0.717) is 5.69 Å². The Bertz CT molecular complexity index is 453. The quantitative estimate of drug-likeness (QED) is 0.735. The Balaban J connectivity index is 2.01. The highest BCUT2D eigenvalue weighted by atomic mass is 32.1. The van der Waals surface area contributed by atoms with Crippen molar-refractivity contribution in [2.24, 2.45) is 17.4 Å². The van der Waals surface area contributed by atoms with E-state index in [1.54, 1.807) is 12.4 Å². The van der Waals surface area contributed by atoms with Gasteiger partial charge in [-0.25, -0.2) is 9.97 Å². The zero-order chi connectivity index (χ0) is 13.1. The summed E-state index contributed by atoms with van der Waals surface area (Å²) in [5.74, 6) is 0.535. The first-order valence-electron chi connectivity index (χ1n) is 5.74. The molecular weight excluding hydrogens is 250 g/mol. The van der Waals surface area contributed by atoms with Crippen molar-refractivity contribution in [1.29, 1.82) is 0 Å². The molecule has 1 fully saturated rings. The number of nitrogens with zero attached hydrogens (tertiary/aromatic N) is 3. The molecule has 0 aliphatic carbocycles. The molecule has 6 nitrogen and oxygen atoms in total. The minimum Gasteiger partial charge on any atom is -0.388 e. The van der Waals surface area contributed by atoms with E-state index in [1.165, 1.54) is 0 Å². The van der Waals surface area contributed by atoms with Crippen LogP contribution in [0.2, 0.25) is 0 Å². The van der Waals surface area contributed by atoms with Crippen molar-refractivity contribution < 1.29 is 4.79 Å². The number of thiocarbonyl (C=S) groups is 1. The van der Waals surface area contributed by atoms with E-state index in [-0.39, 0.29) is 16.8 Å². The van der Waals surface area contributed by atoms with Crippen LogP contribution in [0.4, 0.5) is 5.82 Å². The van der Waals surface area contributed by atoms with Crippen molar-refractivity contribution >= 4 is 28.9 Å². The lowest BCUT2D eigenvalue weighted by Gasteiger charge is -2.31. The highest BCUT2D eigenvalue weighted by molar-refractivity contribution is 7.80. The standard InChI is InChI=1S/C11H15N5OS/c12-10(17)7-1-3-16(4-2-7)9-6-14-8(5-15-9)11(13)18/h5-7H,1-4H2,(H2,12,17)(H2,13,18). The number of carbonyl (C=O) groups excluding carboxylic acids is 1. The number of aromatic nitrogens is 2. The maximum Gasteiger partial charge on any atom is 0.220 e. The Morgan fingerprint density at radius 2 is 1.94 bits per heavy atom. The summed E-state index contributed by atoms with van der Waals surface area (Å²) in [5, 5.41) is 0. The van der Waals surface area contributed by atoms with Gasteiger partial charge in [-0.3, -0.25) is 4.79 Å². The number of piperidine rings is 1. The monoisotopic (exact) mass is 265 g/mol. The summed E-state index contributed by atoms with van der Waals surface area (Å²) >= 11 is 4.82. The van der Waals surface area contributed by atoms with Crippen molar-refractivity contribution in [3.8, 4) is 0 Å². The molecule has 1 saturated heterocycles. The van der Waals surface area contributed by atoms with Crippen molar-refractivity contribution in [1.82, 2.24) is 9.97 Å². The van der Waals surface area contributed by atoms with Gasteiger partial charge in [-0.1, -0.05) is 12.2 Å². The topological polar surface area (TPSA) is 98.1 Å². The van der Waals surface area contributed by atoms with E-state index in [1.807, 2.05) is 0 Å². The van der Waals surface area contributed by atoms with Gasteiger partial charge in [-0.15, -0.1) is 0 Å². The molecule has 0 radical (unpaired) electrons. The van der Waals surface area contributed by atoms with Crippen LogP contribution in [0.1, 0.15) is 18.5 Å². The third-order valence-electron chi connectivity index (χ3n) is 3.11. The largest absolute Gasteiger partial charge is 0.388 e. The van der Waals surface area contributed by atoms with Crippen molar-refractivity contribution in [3.05, 3.63) is 18.1 Å². The molecule has 0 saturated carbocycles. The maximum atomic E-state index is 11.1. The number of hydrogen-bond acceptors (Lipinski definition) is 5. The van der Waals surface area contributed by atoms with Crippen molar-refractivity contribution in [2.45, 2.75) is 12.8 Å². The molecule has 4 N–H and O–H groups in total. The van der Waals surface area contributed by atoms with Crippen molar-refractivity contribution in [3.63, 3.8) is 0 Å². The van der Waals surface area contributed by atoms with Gasteiger partial charge in [0.1, 0.15) is 16.5 Å². The molecule has 0 aromatic carbocycles. The average molecular weight is 265 g/mol. The number of hydrogen-bond donors (Lipinski definition) is 2. The molecular formula is C11H15N5OS. The van der Waals surface area contributed by atoms with E-state index in [4.69, 9.17) is 23.7 Å². The Labute approximate surface area is 110 Å². The van der Waals surface area contributed by atoms with Gasteiger partial charge in [0.25, 0.3) is 0 Å². The lowest BCUT2D eigenvalue weighted by Crippen LogP contribution is -2.39. The zero-order valence-electron chi connectivity index (χ0n) is 9.87. The summed E-state index contributed by atoms with van der Waals surface area (Å²) in [6.45, 7) is 1.52. The molecule has 0 bridgehead atoms. The molecule has 1 aromatic rings. The summed E-state index contributed by atoms with van der Waals surface area (Å²) in [7, 11) is 0. The number of rotatable bonds is 3. The summed E-state index contributed by atoms with van der Waals surface area (Å²) < 4.78 is 0. The summed E-state index contributed by atoms with van der Waals surface area (Å²) in [6.07, 6.45) is 4.74. The predicted molar refractivity (Wildman–Crippen MR) is 72.1 cm³/mol. The highest BCUT2D eigenvalue weighted by Crippen LogP contribution is 2.20. The van der Waals surface area contributed by atoms with Gasteiger partial charge in [0.05, 0.1) is 12.4 Å². The molecule has 18 heavy (non-hydrogen) atoms. The van der Waals surface area contributed by atoms with Crippen LogP contribution in [-0.2, 0) is 4.79 Å². The molecule has 2 heterocycles. The number of primary amides is 1. The third-order valence-corrected chi connectivity index (χ3v) is 3.32. The smallest absolute Gasteiger partial charge is 0.220 e. The summed E-state index contributed by atoms with van der Waals surface area (Å²) in [4.78, 5) is 21.8. The Kier molecular flexibility index (Phi) is 3.71. The van der Waals surface area contributed by atoms with Gasteiger partial charge in [0.15, 0.2) is 0 Å². The van der Waals surface area contributed by atoms with Crippen LogP contribution in [-0.4, -0.2) is 34.0 Å². The second-order valence-electron chi connectivity index (χ2n) is 4.29. The molecule has 2 rings (SSSR count). The van der Waals surface area contributed by atoms with Crippen LogP contribution in [0.15, 0.2) is 12.4 Å². The lowest BCUT2D eigenvalue weighted by atomic mass is 9.96. The fourth-order valence-electron chi connectivity index (χ4n) is 2.00. The van der Waals surface area contributed by atoms with Gasteiger partial charge >= 0.3 is 0 Å². The van der Waals surface area contributed by atoms with E-state index >= 15 is 0 Å². The highest BCUT2D eigenvalue weighted by Gasteiger charge is 2.23. The SMILES string of the molecule is NC(=O)C1CCN(c2cnc(C(N)=S)cn2)CC1. The summed E-state index contributed by atoms with van der Waals surface area (Å²) in [5.41, 5.74) is 11.3. The molecule has 1 aliphatic rings. The lowest BCUT2D eigenvalue weighted by molar-refractivity contribution is -0.122. The number of amides is 1. The van der Waals surface area contributed by atoms with Gasteiger partial charge in [-0.05, 0) is 12.8 Å². The molecule has 0 atom stereocenters. The van der Waals surface area contributed by atoms with Crippen LogP contribution >= 0.6 is 12.2 Å². The normalized spacial score (nSPS) is 16.6. The van der Waals surface area contributed by atoms with Crippen LogP contribution in [0.5, 0.6) is 0 Å². The zero-order valence-corrected chi connectivity index (χ0v) is 10.7. The van der Waals surface area contributed by atoms with Crippen LogP contribution in [0, 0.1) is 5.92 Å². The van der Waals surface area contributed by atoms with Gasteiger partial charge in [-0.2, -0.15) is 0 Å². The molecule has 0 spiro atoms. The first kappa shape index (κ1) is 12.7. The van der Waals surface area contributed by atoms with E-state index in [9.17, 15) is 4.79 Å². The second-order valence-corrected chi connectivity index (χ2v) is 4.73. The molecule has 7 heteroatoms. The molecule has 1 aliphatic heterocycles. The first-order chi connectivity index (χ1) is 8.58. The Morgan fingerprint density at radius 1 is 1.28 bits per heavy atom. The third kappa shape index (κ3) is 2.73. The van der Waals surface area contributed by atoms with Gasteiger partial charge in [0, 0.05) is 19.0 Å². The maximum absolute atomic E-state index is 11.1. The fraction of sp³-hybridized carbons (Fsp3) is 0.455. The molecule has 96 valence electrons. The fourth-order valence-corrected chi connectivity index (χ4v) is 2.11.